The number of rotatable bonds is 7. The molecule has 0 bridgehead atoms. The molecule has 3 aromatic rings. The van der Waals surface area contributed by atoms with Gasteiger partial charge in [0.05, 0.1) is 11.9 Å². The van der Waals surface area contributed by atoms with Gasteiger partial charge in [0.1, 0.15) is 0 Å². The molecule has 42 heavy (non-hydrogen) atoms. The number of nitrogens with one attached hydrogen (secondary N) is 3. The molecule has 4 nitrogen and oxygen atoms in total. The summed E-state index contributed by atoms with van der Waals surface area (Å²) in [6.45, 7) is 5.17. The van der Waals surface area contributed by atoms with E-state index in [0.29, 0.717) is 5.92 Å². The predicted molar refractivity (Wildman–Crippen MR) is 178 cm³/mol. The fraction of sp³-hybridized carbons (Fsp3) is 0.324. The van der Waals surface area contributed by atoms with Crippen molar-refractivity contribution in [2.45, 2.75) is 51.4 Å². The number of hydrogen-bond donors (Lipinski definition) is 3. The Kier molecular flexibility index (Phi) is 6.73. The number of pyridine rings is 1. The van der Waals surface area contributed by atoms with Gasteiger partial charge < -0.3 is 16.0 Å². The zero-order chi connectivity index (χ0) is 28.0. The van der Waals surface area contributed by atoms with Crippen molar-refractivity contribution in [1.29, 1.82) is 0 Å². The molecule has 0 radical (unpaired) electrons. The van der Waals surface area contributed by atoms with E-state index >= 15 is 0 Å². The summed E-state index contributed by atoms with van der Waals surface area (Å²) < 4.78 is 0. The molecule has 4 heterocycles. The Hall–Kier alpha value is -3.67. The largest absolute Gasteiger partial charge is 0.381 e. The lowest BCUT2D eigenvalue weighted by Gasteiger charge is -2.27. The molecule has 1 atom stereocenters. The summed E-state index contributed by atoms with van der Waals surface area (Å²) in [7, 11) is 0. The number of thiophene rings is 1. The molecular weight excluding hydrogens is 533 g/mol. The molecule has 3 aliphatic carbocycles. The van der Waals surface area contributed by atoms with E-state index in [-0.39, 0.29) is 0 Å². The van der Waals surface area contributed by atoms with Gasteiger partial charge in [0.25, 0.3) is 0 Å². The summed E-state index contributed by atoms with van der Waals surface area (Å²) >= 11 is 1.75. The molecule has 2 saturated carbocycles. The highest BCUT2D eigenvalue weighted by molar-refractivity contribution is 7.08. The van der Waals surface area contributed by atoms with E-state index in [1.54, 1.807) is 11.3 Å². The van der Waals surface area contributed by atoms with Crippen molar-refractivity contribution in [3.8, 4) is 11.1 Å². The van der Waals surface area contributed by atoms with Gasteiger partial charge in [-0.15, -0.1) is 0 Å². The molecule has 3 N–H and O–H groups in total. The summed E-state index contributed by atoms with van der Waals surface area (Å²) in [6, 6.07) is 9.18. The van der Waals surface area contributed by atoms with Crippen LogP contribution in [0.25, 0.3) is 22.3 Å². The minimum absolute atomic E-state index is 0.484. The van der Waals surface area contributed by atoms with E-state index in [1.165, 1.54) is 92.8 Å². The molecule has 8 rings (SSSR count). The highest BCUT2D eigenvalue weighted by atomic mass is 32.1. The SMILES string of the molecule is CC1=CC(CNCC2CCCC2)=CC(c2ccc3c(c2)C(C2=C4C[C@H]4c4c(cncc4-c4ccsc4)N2)=CCN3)=CC1. The minimum Gasteiger partial charge on any atom is -0.381 e. The van der Waals surface area contributed by atoms with Crippen LogP contribution in [0.5, 0.6) is 0 Å². The van der Waals surface area contributed by atoms with Gasteiger partial charge in [0.15, 0.2) is 0 Å². The first-order chi connectivity index (χ1) is 20.7. The van der Waals surface area contributed by atoms with Crippen molar-refractivity contribution in [2.75, 3.05) is 30.3 Å². The monoisotopic (exact) mass is 570 g/mol. The molecular formula is C37H38N4S. The third-order valence-electron chi connectivity index (χ3n) is 9.60. The average molecular weight is 571 g/mol. The number of benzene rings is 1. The summed E-state index contributed by atoms with van der Waals surface area (Å²) in [5, 5.41) is 15.6. The van der Waals surface area contributed by atoms with Gasteiger partial charge in [0, 0.05) is 53.3 Å². The Bertz CT molecular complexity index is 1700. The van der Waals surface area contributed by atoms with Gasteiger partial charge in [0.2, 0.25) is 0 Å². The highest BCUT2D eigenvalue weighted by Gasteiger charge is 2.42. The Morgan fingerprint density at radius 1 is 1.00 bits per heavy atom. The van der Waals surface area contributed by atoms with Crippen molar-refractivity contribution >= 4 is 33.9 Å². The summed E-state index contributed by atoms with van der Waals surface area (Å²) in [4.78, 5) is 4.64. The van der Waals surface area contributed by atoms with Crippen LogP contribution in [0.4, 0.5) is 11.4 Å². The maximum atomic E-state index is 4.64. The van der Waals surface area contributed by atoms with Crippen LogP contribution < -0.4 is 16.0 Å². The summed E-state index contributed by atoms with van der Waals surface area (Å²) in [6.07, 6.45) is 21.3. The van der Waals surface area contributed by atoms with Crippen LogP contribution in [0.1, 0.15) is 68.1 Å². The van der Waals surface area contributed by atoms with Crippen molar-refractivity contribution in [1.82, 2.24) is 10.3 Å². The molecule has 5 heteroatoms. The number of anilines is 2. The van der Waals surface area contributed by atoms with Crippen LogP contribution in [-0.2, 0) is 0 Å². The van der Waals surface area contributed by atoms with Gasteiger partial charge in [-0.05, 0) is 107 Å². The maximum absolute atomic E-state index is 4.64. The number of aromatic nitrogens is 1. The highest BCUT2D eigenvalue weighted by Crippen LogP contribution is 2.59. The van der Waals surface area contributed by atoms with Gasteiger partial charge in [-0.1, -0.05) is 48.8 Å². The average Bonchev–Trinajstić information content (AvgIpc) is 3.38. The van der Waals surface area contributed by atoms with Gasteiger partial charge in [-0.25, -0.2) is 0 Å². The Morgan fingerprint density at radius 3 is 2.81 bits per heavy atom. The Balaban J connectivity index is 1.08. The Morgan fingerprint density at radius 2 is 1.93 bits per heavy atom. The first-order valence-electron chi connectivity index (χ1n) is 15.6. The van der Waals surface area contributed by atoms with Crippen LogP contribution in [0, 0.1) is 5.92 Å². The second kappa shape index (κ2) is 10.9. The van der Waals surface area contributed by atoms with Crippen LogP contribution in [0.15, 0.2) is 94.1 Å². The van der Waals surface area contributed by atoms with Gasteiger partial charge in [-0.2, -0.15) is 11.3 Å². The normalized spacial score (nSPS) is 21.1. The summed E-state index contributed by atoms with van der Waals surface area (Å²) in [5.74, 6) is 1.34. The van der Waals surface area contributed by atoms with E-state index in [2.05, 4.69) is 87.2 Å². The molecule has 0 saturated heterocycles. The molecule has 5 aliphatic rings. The standard InChI is InChI=1S/C37H38N4S/c1-23-6-7-26(15-25(14-23)19-38-18-24-4-2-3-5-24)27-8-9-34-30(16-27)29(10-12-40-34)37-32-17-31(32)36-33(28-11-13-42-22-28)20-39-21-35(36)41-37/h7-11,13-16,20-22,24,31,38,40-41H,2-6,12,17-19H2,1H3/t31-/m1/s1. The lowest BCUT2D eigenvalue weighted by Crippen LogP contribution is -2.23. The van der Waals surface area contributed by atoms with Crippen LogP contribution in [0.2, 0.25) is 0 Å². The number of allylic oxidation sites excluding steroid dienone is 6. The molecule has 2 aliphatic heterocycles. The van der Waals surface area contributed by atoms with Crippen molar-refractivity contribution in [2.24, 2.45) is 5.92 Å². The smallest absolute Gasteiger partial charge is 0.0615 e. The molecule has 0 spiro atoms. The van der Waals surface area contributed by atoms with Crippen LogP contribution >= 0.6 is 11.3 Å². The number of nitrogens with zero attached hydrogens (tertiary/aromatic N) is 1. The van der Waals surface area contributed by atoms with Crippen LogP contribution in [0.3, 0.4) is 0 Å². The quantitative estimate of drug-likeness (QED) is 0.265. The van der Waals surface area contributed by atoms with Crippen LogP contribution in [-0.4, -0.2) is 24.6 Å². The predicted octanol–water partition coefficient (Wildman–Crippen LogP) is 8.93. The third kappa shape index (κ3) is 4.89. The first kappa shape index (κ1) is 26.0. The molecule has 2 fully saturated rings. The number of fused-ring (bicyclic) bond motifs is 4. The molecule has 0 amide bonds. The molecule has 0 unspecified atom stereocenters. The second-order valence-electron chi connectivity index (χ2n) is 12.6. The van der Waals surface area contributed by atoms with E-state index in [0.717, 1.165) is 44.1 Å². The lowest BCUT2D eigenvalue weighted by atomic mass is 9.90. The first-order valence-corrected chi connectivity index (χ1v) is 16.5. The van der Waals surface area contributed by atoms with Gasteiger partial charge in [-0.3, -0.25) is 4.98 Å². The fourth-order valence-corrected chi connectivity index (χ4v) is 8.01. The maximum Gasteiger partial charge on any atom is 0.0615 e. The third-order valence-corrected chi connectivity index (χ3v) is 10.3. The Labute approximate surface area is 253 Å². The lowest BCUT2D eigenvalue weighted by molar-refractivity contribution is 0.503. The van der Waals surface area contributed by atoms with Crippen molar-refractivity contribution in [3.05, 3.63) is 111 Å². The number of hydrogen-bond acceptors (Lipinski definition) is 5. The van der Waals surface area contributed by atoms with Crippen molar-refractivity contribution in [3.63, 3.8) is 0 Å². The van der Waals surface area contributed by atoms with E-state index in [4.69, 9.17) is 0 Å². The molecule has 212 valence electrons. The van der Waals surface area contributed by atoms with E-state index in [1.807, 2.05) is 12.4 Å². The second-order valence-corrected chi connectivity index (χ2v) is 13.3. The zero-order valence-electron chi connectivity index (χ0n) is 24.3. The van der Waals surface area contributed by atoms with E-state index in [9.17, 15) is 0 Å². The van der Waals surface area contributed by atoms with Crippen molar-refractivity contribution < 1.29 is 0 Å². The van der Waals surface area contributed by atoms with E-state index < -0.39 is 0 Å². The van der Waals surface area contributed by atoms with Gasteiger partial charge >= 0.3 is 0 Å². The minimum atomic E-state index is 0.484. The topological polar surface area (TPSA) is 49.0 Å². The zero-order valence-corrected chi connectivity index (χ0v) is 25.1. The fourth-order valence-electron chi connectivity index (χ4n) is 7.36. The molecule has 2 aromatic heterocycles. The summed E-state index contributed by atoms with van der Waals surface area (Å²) in [5.41, 5.74) is 17.2. The molecule has 1 aromatic carbocycles.